The average molecular weight is 341 g/mol. The van der Waals surface area contributed by atoms with Crippen LogP contribution in [0.2, 0.25) is 5.02 Å². The Morgan fingerprint density at radius 2 is 1.91 bits per heavy atom. The molecule has 1 amide bonds. The van der Waals surface area contributed by atoms with E-state index in [1.54, 1.807) is 18.2 Å². The molecular formula is C15H18Cl2N4O. The van der Waals surface area contributed by atoms with Gasteiger partial charge in [-0.25, -0.2) is 0 Å². The molecule has 0 aliphatic carbocycles. The van der Waals surface area contributed by atoms with E-state index in [0.717, 1.165) is 24.1 Å². The molecule has 1 fully saturated rings. The maximum absolute atomic E-state index is 12.4. The lowest BCUT2D eigenvalue weighted by molar-refractivity contribution is 0.0709. The summed E-state index contributed by atoms with van der Waals surface area (Å²) < 4.78 is 0. The van der Waals surface area contributed by atoms with Gasteiger partial charge in [0.2, 0.25) is 0 Å². The smallest absolute Gasteiger partial charge is 0.271 e. The molecule has 0 saturated carbocycles. The van der Waals surface area contributed by atoms with E-state index in [0.29, 0.717) is 23.8 Å². The predicted molar refractivity (Wildman–Crippen MR) is 89.4 cm³/mol. The number of aromatic amines is 1. The summed E-state index contributed by atoms with van der Waals surface area (Å²) in [4.78, 5) is 14.2. The Labute approximate surface area is 140 Å². The molecule has 7 heteroatoms. The predicted octanol–water partition coefficient (Wildman–Crippen LogP) is 2.72. The number of amides is 1. The molecule has 5 nitrogen and oxygen atoms in total. The van der Waals surface area contributed by atoms with Gasteiger partial charge in [-0.1, -0.05) is 23.7 Å². The van der Waals surface area contributed by atoms with Crippen LogP contribution in [0.15, 0.2) is 30.3 Å². The fourth-order valence-corrected chi connectivity index (χ4v) is 2.60. The number of nitrogens with zero attached hydrogens (tertiary/aromatic N) is 2. The molecule has 1 saturated heterocycles. The zero-order valence-corrected chi connectivity index (χ0v) is 13.5. The number of halogens is 2. The molecule has 1 aromatic carbocycles. The minimum atomic E-state index is -0.0189. The number of aromatic nitrogens is 2. The first-order chi connectivity index (χ1) is 10.1. The first-order valence-corrected chi connectivity index (χ1v) is 7.37. The van der Waals surface area contributed by atoms with Crippen molar-refractivity contribution < 1.29 is 4.79 Å². The molecule has 22 heavy (non-hydrogen) atoms. The molecule has 1 aliphatic heterocycles. The number of carbonyl (C=O) groups excluding carboxylic acids is 1. The van der Waals surface area contributed by atoms with Crippen LogP contribution in [0.25, 0.3) is 11.3 Å². The van der Waals surface area contributed by atoms with E-state index in [4.69, 9.17) is 17.3 Å². The molecule has 0 unspecified atom stereocenters. The Balaban J connectivity index is 0.00000176. The first kappa shape index (κ1) is 16.8. The second-order valence-corrected chi connectivity index (χ2v) is 5.74. The second kappa shape index (κ2) is 7.13. The topological polar surface area (TPSA) is 75.0 Å². The monoisotopic (exact) mass is 340 g/mol. The summed E-state index contributed by atoms with van der Waals surface area (Å²) in [7, 11) is 0. The molecular weight excluding hydrogens is 323 g/mol. The van der Waals surface area contributed by atoms with Gasteiger partial charge in [0.15, 0.2) is 0 Å². The number of hydrogen-bond acceptors (Lipinski definition) is 3. The van der Waals surface area contributed by atoms with Crippen LogP contribution in [0.5, 0.6) is 0 Å². The van der Waals surface area contributed by atoms with E-state index < -0.39 is 0 Å². The lowest BCUT2D eigenvalue weighted by Gasteiger charge is -2.29. The maximum atomic E-state index is 12.4. The van der Waals surface area contributed by atoms with Crippen molar-refractivity contribution in [2.75, 3.05) is 13.1 Å². The van der Waals surface area contributed by atoms with Crippen LogP contribution in [0.3, 0.4) is 0 Å². The van der Waals surface area contributed by atoms with Crippen LogP contribution in [-0.2, 0) is 0 Å². The third kappa shape index (κ3) is 3.61. The fraction of sp³-hybridized carbons (Fsp3) is 0.333. The van der Waals surface area contributed by atoms with Gasteiger partial charge < -0.3 is 10.6 Å². The quantitative estimate of drug-likeness (QED) is 0.882. The molecule has 0 spiro atoms. The fourth-order valence-electron chi connectivity index (χ4n) is 2.47. The van der Waals surface area contributed by atoms with Crippen molar-refractivity contribution >= 4 is 29.9 Å². The van der Waals surface area contributed by atoms with Crippen LogP contribution in [0.1, 0.15) is 23.3 Å². The van der Waals surface area contributed by atoms with Crippen LogP contribution in [-0.4, -0.2) is 40.1 Å². The Hall–Kier alpha value is -1.56. The van der Waals surface area contributed by atoms with Gasteiger partial charge in [0.1, 0.15) is 5.69 Å². The summed E-state index contributed by atoms with van der Waals surface area (Å²) >= 11 is 5.87. The van der Waals surface area contributed by atoms with Crippen molar-refractivity contribution in [1.29, 1.82) is 0 Å². The second-order valence-electron chi connectivity index (χ2n) is 5.30. The van der Waals surface area contributed by atoms with Crippen molar-refractivity contribution in [3.8, 4) is 11.3 Å². The number of piperidine rings is 1. The molecule has 3 N–H and O–H groups in total. The van der Waals surface area contributed by atoms with Gasteiger partial charge in [-0.3, -0.25) is 9.89 Å². The number of nitrogens with two attached hydrogens (primary N) is 1. The number of hydrogen-bond donors (Lipinski definition) is 2. The Morgan fingerprint density at radius 3 is 2.55 bits per heavy atom. The van der Waals surface area contributed by atoms with Gasteiger partial charge in [0, 0.05) is 29.7 Å². The van der Waals surface area contributed by atoms with Crippen molar-refractivity contribution in [3.63, 3.8) is 0 Å². The summed E-state index contributed by atoms with van der Waals surface area (Å²) in [6, 6.07) is 9.36. The van der Waals surface area contributed by atoms with Crippen molar-refractivity contribution in [2.24, 2.45) is 5.73 Å². The van der Waals surface area contributed by atoms with Crippen LogP contribution < -0.4 is 5.73 Å². The van der Waals surface area contributed by atoms with Crippen molar-refractivity contribution in [2.45, 2.75) is 18.9 Å². The molecule has 2 heterocycles. The zero-order valence-electron chi connectivity index (χ0n) is 12.0. The van der Waals surface area contributed by atoms with E-state index in [-0.39, 0.29) is 24.4 Å². The van der Waals surface area contributed by atoms with Crippen molar-refractivity contribution in [3.05, 3.63) is 41.0 Å². The van der Waals surface area contributed by atoms with Gasteiger partial charge >= 0.3 is 0 Å². The normalized spacial score (nSPS) is 15.5. The van der Waals surface area contributed by atoms with Gasteiger partial charge in [-0.05, 0) is 31.0 Å². The Morgan fingerprint density at radius 1 is 1.27 bits per heavy atom. The standard InChI is InChI=1S/C15H17ClN4O.ClH/c16-11-3-1-10(2-4-11)13-9-14(19-18-13)15(21)20-7-5-12(17)6-8-20;/h1-4,9,12H,5-8,17H2,(H,18,19);1H. The number of H-pyrrole nitrogens is 1. The number of benzene rings is 1. The van der Waals surface area contributed by atoms with E-state index in [1.807, 2.05) is 17.0 Å². The SMILES string of the molecule is Cl.NC1CCN(C(=O)c2cc(-c3ccc(Cl)cc3)n[nH]2)CC1. The number of nitrogens with one attached hydrogen (secondary N) is 1. The third-order valence-electron chi connectivity index (χ3n) is 3.78. The largest absolute Gasteiger partial charge is 0.337 e. The highest BCUT2D eigenvalue weighted by Gasteiger charge is 2.23. The minimum absolute atomic E-state index is 0. The number of likely N-dealkylation sites (tertiary alicyclic amines) is 1. The summed E-state index contributed by atoms with van der Waals surface area (Å²) in [5, 5.41) is 7.70. The highest BCUT2D eigenvalue weighted by Crippen LogP contribution is 2.21. The third-order valence-corrected chi connectivity index (χ3v) is 4.03. The van der Waals surface area contributed by atoms with Gasteiger partial charge in [0.05, 0.1) is 5.69 Å². The summed E-state index contributed by atoms with van der Waals surface area (Å²) in [6.45, 7) is 1.41. The lowest BCUT2D eigenvalue weighted by Crippen LogP contribution is -2.42. The maximum Gasteiger partial charge on any atom is 0.271 e. The van der Waals surface area contributed by atoms with E-state index in [1.165, 1.54) is 0 Å². The highest BCUT2D eigenvalue weighted by atomic mass is 35.5. The molecule has 1 aromatic heterocycles. The number of rotatable bonds is 2. The highest BCUT2D eigenvalue weighted by molar-refractivity contribution is 6.30. The van der Waals surface area contributed by atoms with Gasteiger partial charge in [0.25, 0.3) is 5.91 Å². The van der Waals surface area contributed by atoms with Crippen LogP contribution in [0.4, 0.5) is 0 Å². The van der Waals surface area contributed by atoms with Gasteiger partial charge in [-0.15, -0.1) is 12.4 Å². The zero-order chi connectivity index (χ0) is 14.8. The molecule has 2 aromatic rings. The summed E-state index contributed by atoms with van der Waals surface area (Å²) in [5.41, 5.74) is 8.03. The van der Waals surface area contributed by atoms with E-state index in [9.17, 15) is 4.79 Å². The first-order valence-electron chi connectivity index (χ1n) is 6.99. The molecule has 118 valence electrons. The Bertz CT molecular complexity index is 633. The number of carbonyl (C=O) groups is 1. The minimum Gasteiger partial charge on any atom is -0.337 e. The van der Waals surface area contributed by atoms with E-state index >= 15 is 0 Å². The lowest BCUT2D eigenvalue weighted by atomic mass is 10.1. The van der Waals surface area contributed by atoms with Gasteiger partial charge in [-0.2, -0.15) is 5.10 Å². The molecule has 0 radical (unpaired) electrons. The van der Waals surface area contributed by atoms with Crippen LogP contribution >= 0.6 is 24.0 Å². The molecule has 3 rings (SSSR count). The molecule has 0 atom stereocenters. The summed E-state index contributed by atoms with van der Waals surface area (Å²) in [5.74, 6) is -0.0189. The summed E-state index contributed by atoms with van der Waals surface area (Å²) in [6.07, 6.45) is 1.70. The Kier molecular flexibility index (Phi) is 5.45. The molecule has 1 aliphatic rings. The van der Waals surface area contributed by atoms with E-state index in [2.05, 4.69) is 10.2 Å². The molecule has 0 bridgehead atoms. The van der Waals surface area contributed by atoms with Crippen LogP contribution in [0, 0.1) is 0 Å². The van der Waals surface area contributed by atoms with Crippen molar-refractivity contribution in [1.82, 2.24) is 15.1 Å². The average Bonchev–Trinajstić information content (AvgIpc) is 2.98.